The Balaban J connectivity index is 2.07. The van der Waals surface area contributed by atoms with E-state index in [0.717, 1.165) is 32.1 Å². The number of hydrogen-bond donors (Lipinski definition) is 1. The molecule has 7 nitrogen and oxygen atoms in total. The van der Waals surface area contributed by atoms with Gasteiger partial charge in [-0.3, -0.25) is 25.3 Å². The molecule has 106 valence electrons. The van der Waals surface area contributed by atoms with E-state index < -0.39 is 10.6 Å². The lowest BCUT2D eigenvalue weighted by Crippen LogP contribution is -2.42. The Morgan fingerprint density at radius 1 is 1.40 bits per heavy atom. The van der Waals surface area contributed by atoms with E-state index in [2.05, 4.69) is 9.98 Å². The van der Waals surface area contributed by atoms with Crippen LogP contribution in [0.15, 0.2) is 33.5 Å². The lowest BCUT2D eigenvalue weighted by molar-refractivity contribution is -0.414. The van der Waals surface area contributed by atoms with Gasteiger partial charge in [-0.2, -0.15) is 0 Å². The lowest BCUT2D eigenvalue weighted by atomic mass is 9.89. The lowest BCUT2D eigenvalue weighted by Gasteiger charge is -2.36. The van der Waals surface area contributed by atoms with Crippen LogP contribution >= 0.6 is 0 Å². The molecule has 0 aromatic rings. The second kappa shape index (κ2) is 4.52. The summed E-state index contributed by atoms with van der Waals surface area (Å²) in [6.45, 7) is 0. The summed E-state index contributed by atoms with van der Waals surface area (Å²) in [6, 6.07) is 0. The van der Waals surface area contributed by atoms with E-state index >= 15 is 0 Å². The first-order valence-electron chi connectivity index (χ1n) is 6.72. The molecule has 3 aliphatic rings. The Labute approximate surface area is 116 Å². The van der Waals surface area contributed by atoms with Gasteiger partial charge in [0.05, 0.1) is 10.6 Å². The standard InChI is InChI=1S/C13H16N4O3/c1-14-11-10(17(19)20)6-5-9-12(11)15-13(16(9)18)7-3-2-4-8-13/h5-6,18H,2-4,7-8H2,1H3. The van der Waals surface area contributed by atoms with Gasteiger partial charge in [0.25, 0.3) is 5.70 Å². The number of nitro groups is 1. The van der Waals surface area contributed by atoms with Crippen molar-refractivity contribution < 1.29 is 10.1 Å². The summed E-state index contributed by atoms with van der Waals surface area (Å²) in [6.07, 6.45) is 7.57. The van der Waals surface area contributed by atoms with Gasteiger partial charge in [0, 0.05) is 13.1 Å². The van der Waals surface area contributed by atoms with E-state index in [1.807, 2.05) is 0 Å². The van der Waals surface area contributed by atoms with Crippen LogP contribution in [0.1, 0.15) is 32.1 Å². The third kappa shape index (κ3) is 1.70. The largest absolute Gasteiger partial charge is 0.296 e. The third-order valence-electron chi connectivity index (χ3n) is 4.13. The summed E-state index contributed by atoms with van der Waals surface area (Å²) < 4.78 is 0. The van der Waals surface area contributed by atoms with E-state index in [4.69, 9.17) is 0 Å². The van der Waals surface area contributed by atoms with Gasteiger partial charge in [0.1, 0.15) is 5.71 Å². The number of hydrogen-bond acceptors (Lipinski definition) is 6. The van der Waals surface area contributed by atoms with Crippen LogP contribution in [0.4, 0.5) is 0 Å². The Bertz CT molecular complexity index is 582. The molecule has 0 amide bonds. The van der Waals surface area contributed by atoms with Crippen molar-refractivity contribution in [1.82, 2.24) is 5.06 Å². The van der Waals surface area contributed by atoms with Crippen LogP contribution in [0.2, 0.25) is 0 Å². The van der Waals surface area contributed by atoms with Crippen LogP contribution in [0.25, 0.3) is 0 Å². The van der Waals surface area contributed by atoms with Crippen LogP contribution in [0.5, 0.6) is 0 Å². The summed E-state index contributed by atoms with van der Waals surface area (Å²) in [5.41, 5.74) is 0.462. The second-order valence-corrected chi connectivity index (χ2v) is 5.25. The van der Waals surface area contributed by atoms with E-state index in [-0.39, 0.29) is 11.4 Å². The predicted molar refractivity (Wildman–Crippen MR) is 73.4 cm³/mol. The van der Waals surface area contributed by atoms with Gasteiger partial charge in [0.2, 0.25) is 0 Å². The number of hydroxylamine groups is 2. The number of fused-ring (bicyclic) bond motifs is 1. The molecule has 1 fully saturated rings. The monoisotopic (exact) mass is 276 g/mol. The third-order valence-corrected chi connectivity index (χ3v) is 4.13. The highest BCUT2D eigenvalue weighted by Gasteiger charge is 2.48. The summed E-state index contributed by atoms with van der Waals surface area (Å²) in [5.74, 6) is 0. The SMILES string of the molecule is CN=C1C([N+](=O)[O-])=CC=C2C1=NC1(CCCCC1)N2O. The summed E-state index contributed by atoms with van der Waals surface area (Å²) in [7, 11) is 1.51. The van der Waals surface area contributed by atoms with Crippen molar-refractivity contribution in [1.29, 1.82) is 0 Å². The predicted octanol–water partition coefficient (Wildman–Crippen LogP) is 1.92. The van der Waals surface area contributed by atoms with Crippen molar-refractivity contribution in [3.63, 3.8) is 0 Å². The van der Waals surface area contributed by atoms with Gasteiger partial charge >= 0.3 is 0 Å². The minimum absolute atomic E-state index is 0.0729. The highest BCUT2D eigenvalue weighted by atomic mass is 16.6. The zero-order chi connectivity index (χ0) is 14.3. The van der Waals surface area contributed by atoms with Crippen molar-refractivity contribution >= 4 is 11.4 Å². The maximum Gasteiger partial charge on any atom is 0.296 e. The smallest absolute Gasteiger partial charge is 0.286 e. The minimum Gasteiger partial charge on any atom is -0.286 e. The van der Waals surface area contributed by atoms with E-state index in [1.54, 1.807) is 6.08 Å². The zero-order valence-corrected chi connectivity index (χ0v) is 11.2. The van der Waals surface area contributed by atoms with Crippen LogP contribution in [-0.2, 0) is 0 Å². The maximum atomic E-state index is 11.1. The average molecular weight is 276 g/mol. The van der Waals surface area contributed by atoms with Crippen molar-refractivity contribution in [2.45, 2.75) is 37.8 Å². The highest BCUT2D eigenvalue weighted by Crippen LogP contribution is 2.42. The Hall–Kier alpha value is -2.02. The summed E-state index contributed by atoms with van der Waals surface area (Å²) >= 11 is 0. The van der Waals surface area contributed by atoms with Crippen LogP contribution in [0.3, 0.4) is 0 Å². The van der Waals surface area contributed by atoms with Gasteiger partial charge in [-0.25, -0.2) is 5.06 Å². The molecule has 0 bridgehead atoms. The molecule has 1 saturated carbocycles. The van der Waals surface area contributed by atoms with Crippen molar-refractivity contribution in [3.05, 3.63) is 33.7 Å². The normalized spacial score (nSPS) is 26.2. The molecule has 2 aliphatic carbocycles. The fourth-order valence-electron chi connectivity index (χ4n) is 3.13. The maximum absolute atomic E-state index is 11.1. The number of allylic oxidation sites excluding steroid dienone is 4. The molecule has 3 rings (SSSR count). The fraction of sp³-hybridized carbons (Fsp3) is 0.538. The molecule has 1 aliphatic heterocycles. The number of rotatable bonds is 1. The quantitative estimate of drug-likeness (QED) is 0.450. The van der Waals surface area contributed by atoms with Crippen molar-refractivity contribution in [2.24, 2.45) is 9.98 Å². The van der Waals surface area contributed by atoms with Gasteiger partial charge in [0.15, 0.2) is 11.4 Å². The molecular weight excluding hydrogens is 260 g/mol. The van der Waals surface area contributed by atoms with E-state index in [9.17, 15) is 15.3 Å². The molecule has 1 N–H and O–H groups in total. The van der Waals surface area contributed by atoms with Crippen LogP contribution in [-0.4, -0.2) is 39.3 Å². The molecule has 1 spiro atoms. The molecule has 0 atom stereocenters. The molecule has 0 aromatic heterocycles. The number of nitrogens with zero attached hydrogens (tertiary/aromatic N) is 4. The van der Waals surface area contributed by atoms with Crippen molar-refractivity contribution in [3.8, 4) is 0 Å². The first kappa shape index (κ1) is 13.0. The van der Waals surface area contributed by atoms with E-state index in [0.29, 0.717) is 11.4 Å². The van der Waals surface area contributed by atoms with Crippen LogP contribution < -0.4 is 0 Å². The molecule has 7 heteroatoms. The number of aliphatic imine (C=N–C) groups is 2. The minimum atomic E-state index is -0.657. The topological polar surface area (TPSA) is 91.3 Å². The first-order valence-corrected chi connectivity index (χ1v) is 6.72. The molecule has 1 heterocycles. The van der Waals surface area contributed by atoms with Gasteiger partial charge in [-0.1, -0.05) is 6.42 Å². The van der Waals surface area contributed by atoms with Gasteiger partial charge in [-0.05, 0) is 31.8 Å². The van der Waals surface area contributed by atoms with Crippen LogP contribution in [0, 0.1) is 10.1 Å². The zero-order valence-electron chi connectivity index (χ0n) is 11.2. The molecule has 20 heavy (non-hydrogen) atoms. The summed E-state index contributed by atoms with van der Waals surface area (Å²) in [5, 5.41) is 22.7. The highest BCUT2D eigenvalue weighted by molar-refractivity contribution is 6.54. The fourth-order valence-corrected chi connectivity index (χ4v) is 3.13. The molecule has 0 radical (unpaired) electrons. The van der Waals surface area contributed by atoms with Crippen molar-refractivity contribution in [2.75, 3.05) is 7.05 Å². The average Bonchev–Trinajstić information content (AvgIpc) is 2.71. The van der Waals surface area contributed by atoms with Gasteiger partial charge in [-0.15, -0.1) is 0 Å². The second-order valence-electron chi connectivity index (χ2n) is 5.25. The molecule has 0 saturated heterocycles. The Morgan fingerprint density at radius 3 is 2.70 bits per heavy atom. The molecule has 0 aromatic carbocycles. The molecular formula is C13H16N4O3. The Kier molecular flexibility index (Phi) is 2.93. The van der Waals surface area contributed by atoms with E-state index in [1.165, 1.54) is 18.2 Å². The molecule has 0 unspecified atom stereocenters. The van der Waals surface area contributed by atoms with Gasteiger partial charge < -0.3 is 0 Å². The Morgan fingerprint density at radius 2 is 2.10 bits per heavy atom. The summed E-state index contributed by atoms with van der Waals surface area (Å²) in [4.78, 5) is 19.2. The first-order chi connectivity index (χ1) is 9.59.